The third kappa shape index (κ3) is 2.98. The van der Waals surface area contributed by atoms with Gasteiger partial charge in [-0.15, -0.1) is 0 Å². The summed E-state index contributed by atoms with van der Waals surface area (Å²) < 4.78 is 0. The first-order chi connectivity index (χ1) is 11.3. The number of hydrogen-bond acceptors (Lipinski definition) is 1. The van der Waals surface area contributed by atoms with Crippen molar-refractivity contribution in [1.29, 1.82) is 0 Å². The predicted molar refractivity (Wildman–Crippen MR) is 92.3 cm³/mol. The fourth-order valence-corrected chi connectivity index (χ4v) is 3.85. The smallest absolute Gasteiger partial charge is 0.226 e. The largest absolute Gasteiger partial charge is 0.331 e. The molecule has 1 amide bonds. The molecule has 2 aromatic carbocycles. The van der Waals surface area contributed by atoms with Gasteiger partial charge in [0.05, 0.1) is 26.2 Å². The molecule has 0 spiro atoms. The summed E-state index contributed by atoms with van der Waals surface area (Å²) in [5.74, 6) is 0.759. The second-order valence-corrected chi connectivity index (χ2v) is 7.02. The maximum atomic E-state index is 12.3. The minimum Gasteiger partial charge on any atom is -0.331 e. The number of piperazine rings is 1. The number of quaternary nitrogens is 1. The lowest BCUT2D eigenvalue weighted by Crippen LogP contribution is -3.13. The molecule has 2 fully saturated rings. The molecule has 23 heavy (non-hydrogen) atoms. The molecule has 1 heterocycles. The van der Waals surface area contributed by atoms with E-state index in [-0.39, 0.29) is 0 Å². The molecule has 1 aliphatic heterocycles. The SMILES string of the molecule is O=C(C1CCC1)N1CC[NH+](Cc2cccc3ccccc23)CC1. The number of carbonyl (C=O) groups is 1. The molecule has 120 valence electrons. The molecule has 4 rings (SSSR count). The summed E-state index contributed by atoms with van der Waals surface area (Å²) in [5, 5.41) is 2.69. The van der Waals surface area contributed by atoms with E-state index >= 15 is 0 Å². The summed E-state index contributed by atoms with van der Waals surface area (Å²) >= 11 is 0. The first-order valence-electron chi connectivity index (χ1n) is 8.90. The van der Waals surface area contributed by atoms with Gasteiger partial charge in [0.25, 0.3) is 0 Å². The van der Waals surface area contributed by atoms with E-state index in [4.69, 9.17) is 0 Å². The molecule has 0 aromatic heterocycles. The third-order valence-corrected chi connectivity index (χ3v) is 5.56. The molecule has 3 nitrogen and oxygen atoms in total. The first kappa shape index (κ1) is 14.7. The van der Waals surface area contributed by atoms with E-state index in [2.05, 4.69) is 47.4 Å². The van der Waals surface area contributed by atoms with Gasteiger partial charge in [0.2, 0.25) is 5.91 Å². The molecular weight excluding hydrogens is 284 g/mol. The highest BCUT2D eigenvalue weighted by atomic mass is 16.2. The Hall–Kier alpha value is -1.87. The van der Waals surface area contributed by atoms with Crippen molar-refractivity contribution in [1.82, 2.24) is 4.90 Å². The van der Waals surface area contributed by atoms with E-state index in [9.17, 15) is 4.79 Å². The molecule has 0 bridgehead atoms. The fourth-order valence-electron chi connectivity index (χ4n) is 3.85. The van der Waals surface area contributed by atoms with Crippen LogP contribution >= 0.6 is 0 Å². The summed E-state index contributed by atoms with van der Waals surface area (Å²) in [6.07, 6.45) is 3.46. The molecule has 1 N–H and O–H groups in total. The Balaban J connectivity index is 1.40. The van der Waals surface area contributed by atoms with Gasteiger partial charge in [-0.25, -0.2) is 0 Å². The second-order valence-electron chi connectivity index (χ2n) is 7.02. The number of nitrogens with one attached hydrogen (secondary N) is 1. The summed E-state index contributed by atoms with van der Waals surface area (Å²) in [6, 6.07) is 15.2. The number of hydrogen-bond donors (Lipinski definition) is 1. The molecule has 2 aliphatic rings. The number of amides is 1. The summed E-state index contributed by atoms with van der Waals surface area (Å²) in [7, 11) is 0. The van der Waals surface area contributed by atoms with Gasteiger partial charge >= 0.3 is 0 Å². The standard InChI is InChI=1S/C20H24N2O/c23-20(17-7-4-8-17)22-13-11-21(12-14-22)15-18-9-3-6-16-5-1-2-10-19(16)18/h1-3,5-6,9-10,17H,4,7-8,11-15H2/p+1. The lowest BCUT2D eigenvalue weighted by Gasteiger charge is -2.36. The Kier molecular flexibility index (Phi) is 4.04. The average Bonchev–Trinajstić information content (AvgIpc) is 2.54. The monoisotopic (exact) mass is 309 g/mol. The Morgan fingerprint density at radius 2 is 1.78 bits per heavy atom. The van der Waals surface area contributed by atoms with E-state index in [0.29, 0.717) is 11.8 Å². The molecule has 0 unspecified atom stereocenters. The normalized spacial score (nSPS) is 19.7. The fraction of sp³-hybridized carbons (Fsp3) is 0.450. The molecule has 0 radical (unpaired) electrons. The number of carbonyl (C=O) groups excluding carboxylic acids is 1. The van der Waals surface area contributed by atoms with Crippen LogP contribution in [0.3, 0.4) is 0 Å². The maximum absolute atomic E-state index is 12.3. The Morgan fingerprint density at radius 1 is 1.04 bits per heavy atom. The van der Waals surface area contributed by atoms with Crippen molar-refractivity contribution >= 4 is 16.7 Å². The molecule has 1 saturated carbocycles. The van der Waals surface area contributed by atoms with Gasteiger partial charge in [0.1, 0.15) is 6.54 Å². The number of fused-ring (bicyclic) bond motifs is 1. The van der Waals surface area contributed by atoms with Crippen LogP contribution < -0.4 is 4.90 Å². The highest BCUT2D eigenvalue weighted by molar-refractivity contribution is 5.85. The van der Waals surface area contributed by atoms with Crippen LogP contribution in [0.4, 0.5) is 0 Å². The molecule has 2 aromatic rings. The van der Waals surface area contributed by atoms with E-state index in [1.807, 2.05) is 0 Å². The van der Waals surface area contributed by atoms with Gasteiger partial charge in [0.15, 0.2) is 0 Å². The van der Waals surface area contributed by atoms with E-state index in [1.54, 1.807) is 4.90 Å². The highest BCUT2D eigenvalue weighted by Gasteiger charge is 2.32. The van der Waals surface area contributed by atoms with Crippen molar-refractivity contribution in [2.45, 2.75) is 25.8 Å². The topological polar surface area (TPSA) is 24.8 Å². The molecule has 1 aliphatic carbocycles. The van der Waals surface area contributed by atoms with Gasteiger partial charge in [-0.05, 0) is 23.6 Å². The van der Waals surface area contributed by atoms with Crippen molar-refractivity contribution in [2.24, 2.45) is 5.92 Å². The van der Waals surface area contributed by atoms with Gasteiger partial charge < -0.3 is 9.80 Å². The van der Waals surface area contributed by atoms with Crippen LogP contribution in [0.5, 0.6) is 0 Å². The van der Waals surface area contributed by atoms with Gasteiger partial charge in [-0.3, -0.25) is 4.79 Å². The van der Waals surface area contributed by atoms with Crippen LogP contribution in [0.1, 0.15) is 24.8 Å². The second kappa shape index (κ2) is 6.32. The maximum Gasteiger partial charge on any atom is 0.226 e. The van der Waals surface area contributed by atoms with E-state index in [0.717, 1.165) is 45.6 Å². The van der Waals surface area contributed by atoms with Gasteiger partial charge in [-0.1, -0.05) is 48.9 Å². The van der Waals surface area contributed by atoms with Crippen LogP contribution in [0, 0.1) is 5.92 Å². The molecule has 3 heteroatoms. The van der Waals surface area contributed by atoms with Gasteiger partial charge in [-0.2, -0.15) is 0 Å². The lowest BCUT2D eigenvalue weighted by molar-refractivity contribution is -0.917. The Bertz CT molecular complexity index is 694. The lowest BCUT2D eigenvalue weighted by atomic mass is 9.84. The minimum atomic E-state index is 0.342. The van der Waals surface area contributed by atoms with Crippen LogP contribution in [-0.4, -0.2) is 37.0 Å². The van der Waals surface area contributed by atoms with Crippen molar-refractivity contribution in [3.63, 3.8) is 0 Å². The quantitative estimate of drug-likeness (QED) is 0.920. The summed E-state index contributed by atoms with van der Waals surface area (Å²) in [4.78, 5) is 16.0. The van der Waals surface area contributed by atoms with E-state index < -0.39 is 0 Å². The number of rotatable bonds is 3. The molecule has 0 atom stereocenters. The molecule has 1 saturated heterocycles. The number of benzene rings is 2. The Labute approximate surface area is 137 Å². The Morgan fingerprint density at radius 3 is 2.52 bits per heavy atom. The zero-order valence-corrected chi connectivity index (χ0v) is 13.6. The van der Waals surface area contributed by atoms with Crippen LogP contribution in [-0.2, 0) is 11.3 Å². The number of nitrogens with zero attached hydrogens (tertiary/aromatic N) is 1. The van der Waals surface area contributed by atoms with Crippen LogP contribution in [0.25, 0.3) is 10.8 Å². The van der Waals surface area contributed by atoms with Gasteiger partial charge in [0, 0.05) is 11.5 Å². The molecular formula is C20H25N2O+. The average molecular weight is 309 g/mol. The highest BCUT2D eigenvalue weighted by Crippen LogP contribution is 2.28. The van der Waals surface area contributed by atoms with E-state index in [1.165, 1.54) is 22.8 Å². The van der Waals surface area contributed by atoms with Crippen LogP contribution in [0.2, 0.25) is 0 Å². The summed E-state index contributed by atoms with van der Waals surface area (Å²) in [6.45, 7) is 5.06. The first-order valence-corrected chi connectivity index (χ1v) is 8.90. The van der Waals surface area contributed by atoms with Crippen molar-refractivity contribution in [3.05, 3.63) is 48.0 Å². The van der Waals surface area contributed by atoms with Crippen molar-refractivity contribution in [3.8, 4) is 0 Å². The zero-order chi connectivity index (χ0) is 15.6. The van der Waals surface area contributed by atoms with Crippen molar-refractivity contribution in [2.75, 3.05) is 26.2 Å². The minimum absolute atomic E-state index is 0.342. The zero-order valence-electron chi connectivity index (χ0n) is 13.6. The summed E-state index contributed by atoms with van der Waals surface area (Å²) in [5.41, 5.74) is 1.43. The third-order valence-electron chi connectivity index (χ3n) is 5.56. The van der Waals surface area contributed by atoms with Crippen LogP contribution in [0.15, 0.2) is 42.5 Å². The van der Waals surface area contributed by atoms with Crippen molar-refractivity contribution < 1.29 is 9.69 Å². The predicted octanol–water partition coefficient (Wildman–Crippen LogP) is 1.87.